The molecule has 1 saturated carbocycles. The molecule has 1 aliphatic carbocycles. The van der Waals surface area contributed by atoms with Gasteiger partial charge in [0.25, 0.3) is 0 Å². The SMILES string of the molecule is OCCC(F)C1CCCC1. The second kappa shape index (κ2) is 3.91. The third-order valence-electron chi connectivity index (χ3n) is 2.32. The quantitative estimate of drug-likeness (QED) is 0.644. The Bertz CT molecular complexity index is 89.3. The van der Waals surface area contributed by atoms with Crippen LogP contribution in [0, 0.1) is 5.92 Å². The van der Waals surface area contributed by atoms with Crippen molar-refractivity contribution in [3.05, 3.63) is 0 Å². The summed E-state index contributed by atoms with van der Waals surface area (Å²) in [5.74, 6) is 0.257. The monoisotopic (exact) mass is 146 g/mol. The van der Waals surface area contributed by atoms with E-state index in [-0.39, 0.29) is 12.5 Å². The van der Waals surface area contributed by atoms with E-state index in [1.165, 1.54) is 12.8 Å². The number of hydrogen-bond acceptors (Lipinski definition) is 1. The highest BCUT2D eigenvalue weighted by atomic mass is 19.1. The lowest BCUT2D eigenvalue weighted by molar-refractivity contribution is 0.169. The maximum atomic E-state index is 12.9. The molecule has 0 aromatic heterocycles. The molecule has 10 heavy (non-hydrogen) atoms. The van der Waals surface area contributed by atoms with E-state index in [0.29, 0.717) is 6.42 Å². The van der Waals surface area contributed by atoms with E-state index >= 15 is 0 Å². The Morgan fingerprint density at radius 3 is 2.50 bits per heavy atom. The number of aliphatic hydroxyl groups excluding tert-OH is 1. The minimum Gasteiger partial charge on any atom is -0.396 e. The van der Waals surface area contributed by atoms with Gasteiger partial charge in [-0.15, -0.1) is 0 Å². The predicted octanol–water partition coefficient (Wildman–Crippen LogP) is 1.90. The zero-order valence-electron chi connectivity index (χ0n) is 6.22. The molecule has 1 aliphatic rings. The van der Waals surface area contributed by atoms with Gasteiger partial charge in [0.1, 0.15) is 6.17 Å². The summed E-state index contributed by atoms with van der Waals surface area (Å²) in [4.78, 5) is 0. The summed E-state index contributed by atoms with van der Waals surface area (Å²) in [6.45, 7) is -0.00231. The standard InChI is InChI=1S/C8H15FO/c9-8(5-6-10)7-3-1-2-4-7/h7-8,10H,1-6H2. The zero-order valence-corrected chi connectivity index (χ0v) is 6.22. The van der Waals surface area contributed by atoms with Gasteiger partial charge in [0.2, 0.25) is 0 Å². The Morgan fingerprint density at radius 2 is 2.00 bits per heavy atom. The van der Waals surface area contributed by atoms with Crippen molar-refractivity contribution in [1.29, 1.82) is 0 Å². The number of rotatable bonds is 3. The van der Waals surface area contributed by atoms with E-state index in [1.54, 1.807) is 0 Å². The van der Waals surface area contributed by atoms with Gasteiger partial charge in [-0.05, 0) is 18.8 Å². The second-order valence-electron chi connectivity index (χ2n) is 3.07. The average molecular weight is 146 g/mol. The van der Waals surface area contributed by atoms with Gasteiger partial charge in [0, 0.05) is 13.0 Å². The molecule has 1 N–H and O–H groups in total. The van der Waals surface area contributed by atoms with Crippen LogP contribution in [0.3, 0.4) is 0 Å². The van der Waals surface area contributed by atoms with E-state index in [0.717, 1.165) is 12.8 Å². The number of halogens is 1. The Balaban J connectivity index is 2.18. The largest absolute Gasteiger partial charge is 0.396 e. The molecule has 0 heterocycles. The van der Waals surface area contributed by atoms with Crippen molar-refractivity contribution in [2.75, 3.05) is 6.61 Å². The minimum atomic E-state index is -0.743. The Hall–Kier alpha value is -0.110. The number of aliphatic hydroxyl groups is 1. The van der Waals surface area contributed by atoms with Crippen molar-refractivity contribution in [2.24, 2.45) is 5.92 Å². The van der Waals surface area contributed by atoms with Crippen LogP contribution in [0.4, 0.5) is 4.39 Å². The van der Waals surface area contributed by atoms with Crippen molar-refractivity contribution < 1.29 is 9.50 Å². The van der Waals surface area contributed by atoms with Gasteiger partial charge in [0.05, 0.1) is 0 Å². The summed E-state index contributed by atoms with van der Waals surface area (Å²) in [6.07, 6.45) is 4.01. The van der Waals surface area contributed by atoms with E-state index in [2.05, 4.69) is 0 Å². The van der Waals surface area contributed by atoms with Gasteiger partial charge in [-0.2, -0.15) is 0 Å². The molecule has 0 bridgehead atoms. The lowest BCUT2D eigenvalue weighted by Crippen LogP contribution is -2.13. The van der Waals surface area contributed by atoms with Crippen molar-refractivity contribution in [2.45, 2.75) is 38.3 Å². The highest BCUT2D eigenvalue weighted by Gasteiger charge is 2.23. The van der Waals surface area contributed by atoms with Crippen molar-refractivity contribution in [3.8, 4) is 0 Å². The Kier molecular flexibility index (Phi) is 3.13. The van der Waals surface area contributed by atoms with Crippen LogP contribution in [-0.4, -0.2) is 17.9 Å². The Morgan fingerprint density at radius 1 is 1.40 bits per heavy atom. The molecule has 0 aliphatic heterocycles. The molecule has 1 fully saturated rings. The van der Waals surface area contributed by atoms with Gasteiger partial charge in [0.15, 0.2) is 0 Å². The molecule has 0 spiro atoms. The van der Waals surface area contributed by atoms with Crippen molar-refractivity contribution in [3.63, 3.8) is 0 Å². The maximum absolute atomic E-state index is 12.9. The molecule has 0 amide bonds. The van der Waals surface area contributed by atoms with Crippen LogP contribution < -0.4 is 0 Å². The van der Waals surface area contributed by atoms with Gasteiger partial charge >= 0.3 is 0 Å². The lowest BCUT2D eigenvalue weighted by atomic mass is 10.0. The molecular formula is C8H15FO. The lowest BCUT2D eigenvalue weighted by Gasteiger charge is -2.12. The van der Waals surface area contributed by atoms with E-state index in [1.807, 2.05) is 0 Å². The molecule has 0 radical (unpaired) electrons. The summed E-state index contributed by atoms with van der Waals surface area (Å²) in [5.41, 5.74) is 0. The molecule has 1 nitrogen and oxygen atoms in total. The highest BCUT2D eigenvalue weighted by molar-refractivity contribution is 4.74. The van der Waals surface area contributed by atoms with Crippen LogP contribution in [0.1, 0.15) is 32.1 Å². The van der Waals surface area contributed by atoms with E-state index < -0.39 is 6.17 Å². The summed E-state index contributed by atoms with van der Waals surface area (Å²) in [6, 6.07) is 0. The van der Waals surface area contributed by atoms with Crippen LogP contribution in [0.15, 0.2) is 0 Å². The molecule has 2 heteroatoms. The second-order valence-corrected chi connectivity index (χ2v) is 3.07. The summed E-state index contributed by atoms with van der Waals surface area (Å²) >= 11 is 0. The maximum Gasteiger partial charge on any atom is 0.105 e. The molecule has 0 aromatic rings. The first-order chi connectivity index (χ1) is 4.84. The predicted molar refractivity (Wildman–Crippen MR) is 38.6 cm³/mol. The normalized spacial score (nSPS) is 23.4. The van der Waals surface area contributed by atoms with Gasteiger partial charge in [-0.3, -0.25) is 0 Å². The van der Waals surface area contributed by atoms with Gasteiger partial charge in [-0.25, -0.2) is 4.39 Å². The van der Waals surface area contributed by atoms with Gasteiger partial charge < -0.3 is 5.11 Å². The van der Waals surface area contributed by atoms with Crippen LogP contribution >= 0.6 is 0 Å². The van der Waals surface area contributed by atoms with Crippen LogP contribution in [0.25, 0.3) is 0 Å². The summed E-state index contributed by atoms with van der Waals surface area (Å²) in [5, 5.41) is 8.46. The highest BCUT2D eigenvalue weighted by Crippen LogP contribution is 2.30. The van der Waals surface area contributed by atoms with Crippen LogP contribution in [0.5, 0.6) is 0 Å². The van der Waals surface area contributed by atoms with Crippen molar-refractivity contribution in [1.82, 2.24) is 0 Å². The summed E-state index contributed by atoms with van der Waals surface area (Å²) < 4.78 is 12.9. The first-order valence-corrected chi connectivity index (χ1v) is 4.09. The topological polar surface area (TPSA) is 20.2 Å². The smallest absolute Gasteiger partial charge is 0.105 e. The summed E-state index contributed by atoms with van der Waals surface area (Å²) in [7, 11) is 0. The first kappa shape index (κ1) is 7.99. The Labute approximate surface area is 61.2 Å². The fourth-order valence-corrected chi connectivity index (χ4v) is 1.68. The van der Waals surface area contributed by atoms with Gasteiger partial charge in [-0.1, -0.05) is 12.8 Å². The molecule has 60 valence electrons. The van der Waals surface area contributed by atoms with E-state index in [4.69, 9.17) is 5.11 Å². The average Bonchev–Trinajstić information content (AvgIpc) is 2.38. The fourth-order valence-electron chi connectivity index (χ4n) is 1.68. The molecular weight excluding hydrogens is 131 g/mol. The molecule has 1 unspecified atom stereocenters. The van der Waals surface area contributed by atoms with Crippen molar-refractivity contribution >= 4 is 0 Å². The third-order valence-corrected chi connectivity index (χ3v) is 2.32. The van der Waals surface area contributed by atoms with Crippen LogP contribution in [-0.2, 0) is 0 Å². The molecule has 0 aromatic carbocycles. The molecule has 0 saturated heterocycles. The number of hydrogen-bond donors (Lipinski definition) is 1. The molecule has 1 rings (SSSR count). The fraction of sp³-hybridized carbons (Fsp3) is 1.00. The molecule has 1 atom stereocenters. The number of alkyl halides is 1. The minimum absolute atomic E-state index is 0.00231. The zero-order chi connectivity index (χ0) is 7.40. The first-order valence-electron chi connectivity index (χ1n) is 4.09. The van der Waals surface area contributed by atoms with Crippen LogP contribution in [0.2, 0.25) is 0 Å². The third kappa shape index (κ3) is 1.94. The van der Waals surface area contributed by atoms with E-state index in [9.17, 15) is 4.39 Å².